The Morgan fingerprint density at radius 3 is 2.09 bits per heavy atom. The summed E-state index contributed by atoms with van der Waals surface area (Å²) in [7, 11) is 0. The highest BCUT2D eigenvalue weighted by Crippen LogP contribution is 2.14. The minimum Gasteiger partial charge on any atom is -0.299 e. The van der Waals surface area contributed by atoms with Crippen LogP contribution in [-0.2, 0) is 4.79 Å². The van der Waals surface area contributed by atoms with E-state index in [1.165, 1.54) is 0 Å². The highest BCUT2D eigenvalue weighted by atomic mass is 16.1. The largest absolute Gasteiger partial charge is 0.299 e. The monoisotopic (exact) mass is 154 g/mol. The number of allylic oxidation sites excluding steroid dienone is 1. The van der Waals surface area contributed by atoms with Crippen molar-refractivity contribution in [2.45, 2.75) is 34.1 Å². The van der Waals surface area contributed by atoms with Crippen LogP contribution in [0, 0.1) is 11.8 Å². The minimum atomic E-state index is 0.164. The standard InChI is InChI=1S/C10H18O/c1-7(2)9(5)6-10(11)8(3)4/h8-9H,1,6H2,2-5H3. The van der Waals surface area contributed by atoms with Crippen molar-refractivity contribution >= 4 is 5.78 Å². The lowest BCUT2D eigenvalue weighted by atomic mass is 9.93. The summed E-state index contributed by atoms with van der Waals surface area (Å²) in [4.78, 5) is 11.2. The molecule has 64 valence electrons. The fraction of sp³-hybridized carbons (Fsp3) is 0.700. The molecule has 0 N–H and O–H groups in total. The van der Waals surface area contributed by atoms with Gasteiger partial charge in [-0.15, -0.1) is 0 Å². The average Bonchev–Trinajstić information content (AvgIpc) is 1.87. The molecule has 1 unspecified atom stereocenters. The number of Topliss-reactive ketones (excluding diaryl/α,β-unsaturated/α-hetero) is 1. The molecule has 0 fully saturated rings. The zero-order valence-electron chi connectivity index (χ0n) is 7.98. The molecule has 0 aromatic rings. The second-order valence-electron chi connectivity index (χ2n) is 3.57. The van der Waals surface area contributed by atoms with Crippen LogP contribution in [-0.4, -0.2) is 5.78 Å². The van der Waals surface area contributed by atoms with Crippen molar-refractivity contribution in [2.24, 2.45) is 11.8 Å². The number of carbonyl (C=O) groups is 1. The van der Waals surface area contributed by atoms with Crippen molar-refractivity contribution in [2.75, 3.05) is 0 Å². The second kappa shape index (κ2) is 4.32. The summed E-state index contributed by atoms with van der Waals surface area (Å²) >= 11 is 0. The van der Waals surface area contributed by atoms with Crippen LogP contribution in [0.15, 0.2) is 12.2 Å². The predicted molar refractivity (Wildman–Crippen MR) is 48.4 cm³/mol. The van der Waals surface area contributed by atoms with Gasteiger partial charge in [0, 0.05) is 12.3 Å². The van der Waals surface area contributed by atoms with E-state index in [1.54, 1.807) is 0 Å². The second-order valence-corrected chi connectivity index (χ2v) is 3.57. The smallest absolute Gasteiger partial charge is 0.136 e. The third-order valence-corrected chi connectivity index (χ3v) is 1.99. The molecule has 0 radical (unpaired) electrons. The topological polar surface area (TPSA) is 17.1 Å². The van der Waals surface area contributed by atoms with Crippen molar-refractivity contribution in [1.82, 2.24) is 0 Å². The number of hydrogen-bond acceptors (Lipinski definition) is 1. The number of hydrogen-bond donors (Lipinski definition) is 0. The summed E-state index contributed by atoms with van der Waals surface area (Å²) < 4.78 is 0. The maximum Gasteiger partial charge on any atom is 0.136 e. The molecule has 0 aliphatic rings. The third kappa shape index (κ3) is 3.97. The lowest BCUT2D eigenvalue weighted by Crippen LogP contribution is -2.11. The van der Waals surface area contributed by atoms with Crippen molar-refractivity contribution in [3.05, 3.63) is 12.2 Å². The zero-order chi connectivity index (χ0) is 9.02. The average molecular weight is 154 g/mol. The Labute approximate surface area is 69.5 Å². The van der Waals surface area contributed by atoms with Gasteiger partial charge in [-0.1, -0.05) is 32.9 Å². The first kappa shape index (κ1) is 10.4. The molecule has 1 atom stereocenters. The highest BCUT2D eigenvalue weighted by Gasteiger charge is 2.12. The van der Waals surface area contributed by atoms with Crippen molar-refractivity contribution in [3.8, 4) is 0 Å². The molecule has 0 aliphatic carbocycles. The van der Waals surface area contributed by atoms with E-state index in [9.17, 15) is 4.79 Å². The minimum absolute atomic E-state index is 0.164. The first-order valence-electron chi connectivity index (χ1n) is 4.13. The molecule has 0 saturated heterocycles. The molecule has 0 rings (SSSR count). The van der Waals surface area contributed by atoms with Gasteiger partial charge in [-0.2, -0.15) is 0 Å². The Hall–Kier alpha value is -0.590. The molecule has 1 heteroatoms. The number of rotatable bonds is 4. The summed E-state index contributed by atoms with van der Waals surface area (Å²) in [5.41, 5.74) is 1.10. The molecular formula is C10H18O. The van der Waals surface area contributed by atoms with E-state index >= 15 is 0 Å². The summed E-state index contributed by atoms with van der Waals surface area (Å²) in [6, 6.07) is 0. The normalized spacial score (nSPS) is 13.2. The number of ketones is 1. The van der Waals surface area contributed by atoms with Gasteiger partial charge in [0.2, 0.25) is 0 Å². The van der Waals surface area contributed by atoms with Crippen LogP contribution in [0.5, 0.6) is 0 Å². The molecule has 0 aromatic heterocycles. The zero-order valence-corrected chi connectivity index (χ0v) is 7.98. The molecular weight excluding hydrogens is 136 g/mol. The van der Waals surface area contributed by atoms with Crippen LogP contribution in [0.4, 0.5) is 0 Å². The fourth-order valence-corrected chi connectivity index (χ4v) is 0.712. The SMILES string of the molecule is C=C(C)C(C)CC(=O)C(C)C. The van der Waals surface area contributed by atoms with E-state index in [0.717, 1.165) is 5.57 Å². The van der Waals surface area contributed by atoms with Gasteiger partial charge in [0.1, 0.15) is 5.78 Å². The Bertz CT molecular complexity index is 156. The summed E-state index contributed by atoms with van der Waals surface area (Å²) in [6.45, 7) is 11.7. The summed E-state index contributed by atoms with van der Waals surface area (Å²) in [5, 5.41) is 0. The summed E-state index contributed by atoms with van der Waals surface area (Å²) in [5.74, 6) is 0.835. The van der Waals surface area contributed by atoms with E-state index in [1.807, 2.05) is 27.7 Å². The maximum atomic E-state index is 11.2. The van der Waals surface area contributed by atoms with Crippen LogP contribution in [0.1, 0.15) is 34.1 Å². The summed E-state index contributed by atoms with van der Waals surface area (Å²) in [6.07, 6.45) is 0.646. The van der Waals surface area contributed by atoms with Gasteiger partial charge in [-0.05, 0) is 12.8 Å². The molecule has 0 aliphatic heterocycles. The molecule has 0 aromatic carbocycles. The highest BCUT2D eigenvalue weighted by molar-refractivity contribution is 5.80. The van der Waals surface area contributed by atoms with Gasteiger partial charge in [-0.25, -0.2) is 0 Å². The quantitative estimate of drug-likeness (QED) is 0.569. The molecule has 0 amide bonds. The van der Waals surface area contributed by atoms with Crippen LogP contribution < -0.4 is 0 Å². The van der Waals surface area contributed by atoms with Crippen molar-refractivity contribution in [1.29, 1.82) is 0 Å². The van der Waals surface area contributed by atoms with Crippen LogP contribution in [0.3, 0.4) is 0 Å². The molecule has 1 nitrogen and oxygen atoms in total. The van der Waals surface area contributed by atoms with Gasteiger partial charge in [0.05, 0.1) is 0 Å². The Balaban J connectivity index is 3.85. The Morgan fingerprint density at radius 1 is 1.36 bits per heavy atom. The van der Waals surface area contributed by atoms with Gasteiger partial charge in [0.15, 0.2) is 0 Å². The molecule has 0 saturated carbocycles. The maximum absolute atomic E-state index is 11.2. The first-order valence-corrected chi connectivity index (χ1v) is 4.13. The van der Waals surface area contributed by atoms with Crippen LogP contribution in [0.2, 0.25) is 0 Å². The third-order valence-electron chi connectivity index (χ3n) is 1.99. The van der Waals surface area contributed by atoms with Gasteiger partial charge >= 0.3 is 0 Å². The van der Waals surface area contributed by atoms with E-state index in [4.69, 9.17) is 0 Å². The van der Waals surface area contributed by atoms with Gasteiger partial charge in [-0.3, -0.25) is 4.79 Å². The van der Waals surface area contributed by atoms with E-state index < -0.39 is 0 Å². The lowest BCUT2D eigenvalue weighted by molar-refractivity contribution is -0.122. The van der Waals surface area contributed by atoms with Crippen LogP contribution in [0.25, 0.3) is 0 Å². The van der Waals surface area contributed by atoms with Gasteiger partial charge in [0.25, 0.3) is 0 Å². The molecule has 0 bridgehead atoms. The van der Waals surface area contributed by atoms with E-state index in [0.29, 0.717) is 18.1 Å². The molecule has 11 heavy (non-hydrogen) atoms. The first-order chi connectivity index (χ1) is 4.95. The van der Waals surface area contributed by atoms with Crippen molar-refractivity contribution in [3.63, 3.8) is 0 Å². The van der Waals surface area contributed by atoms with E-state index in [2.05, 4.69) is 6.58 Å². The predicted octanol–water partition coefficient (Wildman–Crippen LogP) is 2.81. The van der Waals surface area contributed by atoms with Crippen LogP contribution >= 0.6 is 0 Å². The van der Waals surface area contributed by atoms with E-state index in [-0.39, 0.29) is 5.92 Å². The molecule has 0 heterocycles. The fourth-order valence-electron chi connectivity index (χ4n) is 0.712. The lowest BCUT2D eigenvalue weighted by Gasteiger charge is -2.11. The Morgan fingerprint density at radius 2 is 1.82 bits per heavy atom. The van der Waals surface area contributed by atoms with Gasteiger partial charge < -0.3 is 0 Å². The molecule has 0 spiro atoms. The van der Waals surface area contributed by atoms with Crippen molar-refractivity contribution < 1.29 is 4.79 Å². The number of carbonyl (C=O) groups excluding carboxylic acids is 1. The Kier molecular flexibility index (Phi) is 4.09.